The molecule has 0 spiro atoms. The second kappa shape index (κ2) is 8.66. The molecule has 0 radical (unpaired) electrons. The fourth-order valence-corrected chi connectivity index (χ4v) is 4.53. The van der Waals surface area contributed by atoms with E-state index in [1.165, 1.54) is 12.3 Å². The van der Waals surface area contributed by atoms with Gasteiger partial charge in [-0.1, -0.05) is 11.6 Å². The quantitative estimate of drug-likeness (QED) is 0.456. The smallest absolute Gasteiger partial charge is 0.250 e. The molecule has 1 unspecified atom stereocenters. The number of benzene rings is 1. The number of fused-ring (bicyclic) bond motifs is 1. The highest BCUT2D eigenvalue weighted by Crippen LogP contribution is 2.36. The minimum atomic E-state index is -2.90. The third-order valence-corrected chi connectivity index (χ3v) is 6.21. The van der Waals surface area contributed by atoms with E-state index in [0.29, 0.717) is 16.9 Å². The molecular weight excluding hydrogens is 471 g/mol. The second-order valence-electron chi connectivity index (χ2n) is 9.59. The van der Waals surface area contributed by atoms with E-state index in [-0.39, 0.29) is 41.1 Å². The summed E-state index contributed by atoms with van der Waals surface area (Å²) < 4.78 is 44.0. The lowest BCUT2D eigenvalue weighted by molar-refractivity contribution is -0.0800. The Morgan fingerprint density at radius 3 is 2.59 bits per heavy atom. The summed E-state index contributed by atoms with van der Waals surface area (Å²) in [5.41, 5.74) is -0.116. The Morgan fingerprint density at radius 2 is 1.97 bits per heavy atom. The van der Waals surface area contributed by atoms with Crippen LogP contribution in [-0.2, 0) is 5.60 Å². The van der Waals surface area contributed by atoms with Crippen LogP contribution in [-0.4, -0.2) is 47.8 Å². The van der Waals surface area contributed by atoms with Crippen LogP contribution >= 0.6 is 11.6 Å². The number of aliphatic hydroxyl groups excluding tert-OH is 1. The van der Waals surface area contributed by atoms with E-state index in [0.717, 1.165) is 0 Å². The fraction of sp³-hybridized carbons (Fsp3) is 0.522. The average Bonchev–Trinajstić information content (AvgIpc) is 3.12. The monoisotopic (exact) mass is 497 g/mol. The number of nitrogens with one attached hydrogen (secondary N) is 1. The number of aliphatic hydroxyl groups is 2. The lowest BCUT2D eigenvalue weighted by Gasteiger charge is -2.33. The van der Waals surface area contributed by atoms with Crippen molar-refractivity contribution in [2.24, 2.45) is 0 Å². The van der Waals surface area contributed by atoms with Crippen LogP contribution in [0.2, 0.25) is 5.02 Å². The average molecular weight is 498 g/mol. The molecule has 3 N–H and O–H groups in total. The third kappa shape index (κ3) is 4.71. The van der Waals surface area contributed by atoms with Crippen LogP contribution in [0, 0.1) is 5.82 Å². The highest BCUT2D eigenvalue weighted by Gasteiger charge is 2.41. The summed E-state index contributed by atoms with van der Waals surface area (Å²) in [6.45, 7) is 6.97. The predicted octanol–water partition coefficient (Wildman–Crippen LogP) is 5.05. The van der Waals surface area contributed by atoms with E-state index >= 15 is 4.39 Å². The largest absolute Gasteiger partial charge is 0.391 e. The van der Waals surface area contributed by atoms with Crippen LogP contribution in [0.15, 0.2) is 18.3 Å². The molecule has 4 rings (SSSR count). The highest BCUT2D eigenvalue weighted by molar-refractivity contribution is 6.33. The Morgan fingerprint density at radius 1 is 1.26 bits per heavy atom. The van der Waals surface area contributed by atoms with Gasteiger partial charge < -0.3 is 20.1 Å². The summed E-state index contributed by atoms with van der Waals surface area (Å²) in [5, 5.41) is 23.7. The maximum absolute atomic E-state index is 15.1. The second-order valence-corrected chi connectivity index (χ2v) is 10.00. The summed E-state index contributed by atoms with van der Waals surface area (Å²) in [7, 11) is 0. The molecule has 1 aliphatic rings. The van der Waals surface area contributed by atoms with Crippen molar-refractivity contribution in [3.05, 3.63) is 35.0 Å². The van der Waals surface area contributed by atoms with Gasteiger partial charge in [0, 0.05) is 24.4 Å². The number of halogens is 4. The van der Waals surface area contributed by atoms with Gasteiger partial charge in [0.1, 0.15) is 16.9 Å². The highest BCUT2D eigenvalue weighted by atomic mass is 35.5. The van der Waals surface area contributed by atoms with Gasteiger partial charge in [0.15, 0.2) is 5.82 Å². The maximum atomic E-state index is 15.1. The first-order valence-electron chi connectivity index (χ1n) is 11.1. The SMILES string of the molecule is CC(C)n1c(C(C)(C)O)nc2c(F)cc(-c3nc(NC4CCC(F)(F)C[C@H]4O)ncc3Cl)cc21. The van der Waals surface area contributed by atoms with Crippen LogP contribution in [0.4, 0.5) is 19.1 Å². The number of nitrogens with zero attached hydrogens (tertiary/aromatic N) is 4. The Hall–Kier alpha value is -2.43. The van der Waals surface area contributed by atoms with Crippen molar-refractivity contribution in [3.8, 4) is 11.3 Å². The Balaban J connectivity index is 1.75. The summed E-state index contributed by atoms with van der Waals surface area (Å²) >= 11 is 6.34. The Kier molecular flexibility index (Phi) is 6.28. The molecule has 2 atom stereocenters. The van der Waals surface area contributed by atoms with E-state index in [1.54, 1.807) is 24.5 Å². The molecule has 184 valence electrons. The minimum absolute atomic E-state index is 0.0450. The van der Waals surface area contributed by atoms with E-state index in [4.69, 9.17) is 11.6 Å². The molecule has 2 heterocycles. The molecule has 0 saturated heterocycles. The van der Waals surface area contributed by atoms with Gasteiger partial charge in [-0.25, -0.2) is 28.1 Å². The van der Waals surface area contributed by atoms with Gasteiger partial charge in [-0.3, -0.25) is 0 Å². The molecule has 7 nitrogen and oxygen atoms in total. The fourth-order valence-electron chi connectivity index (χ4n) is 4.33. The van der Waals surface area contributed by atoms with Crippen LogP contribution in [0.1, 0.15) is 58.8 Å². The summed E-state index contributed by atoms with van der Waals surface area (Å²) in [4.78, 5) is 12.8. The van der Waals surface area contributed by atoms with Gasteiger partial charge in [0.05, 0.1) is 34.6 Å². The van der Waals surface area contributed by atoms with Crippen LogP contribution < -0.4 is 5.32 Å². The zero-order valence-electron chi connectivity index (χ0n) is 19.3. The first-order valence-corrected chi connectivity index (χ1v) is 11.4. The molecule has 1 fully saturated rings. The zero-order valence-corrected chi connectivity index (χ0v) is 20.0. The van der Waals surface area contributed by atoms with Crippen LogP contribution in [0.5, 0.6) is 0 Å². The van der Waals surface area contributed by atoms with Crippen molar-refractivity contribution in [2.75, 3.05) is 5.32 Å². The molecular formula is C23H27ClF3N5O2. The van der Waals surface area contributed by atoms with Crippen molar-refractivity contribution in [3.63, 3.8) is 0 Å². The lowest BCUT2D eigenvalue weighted by atomic mass is 9.90. The lowest BCUT2D eigenvalue weighted by Crippen LogP contribution is -2.44. The summed E-state index contributed by atoms with van der Waals surface area (Å²) in [6.07, 6.45) is -0.882. The van der Waals surface area contributed by atoms with Gasteiger partial charge in [-0.2, -0.15) is 0 Å². The van der Waals surface area contributed by atoms with E-state index in [9.17, 15) is 19.0 Å². The molecule has 34 heavy (non-hydrogen) atoms. The van der Waals surface area contributed by atoms with Gasteiger partial charge in [-0.15, -0.1) is 0 Å². The molecule has 2 aromatic heterocycles. The standard InChI is InChI=1S/C23H27ClF3N5O2/c1-11(2)32-16-8-12(7-14(25)19(16)30-20(32)22(3,4)34)18-13(24)10-28-21(31-18)29-15-5-6-23(26,27)9-17(15)33/h7-8,10-11,15,17,33-34H,5-6,9H2,1-4H3,(H,28,29,31)/t15?,17-/m1/s1. The zero-order chi connectivity index (χ0) is 25.0. The Labute approximate surface area is 200 Å². The summed E-state index contributed by atoms with van der Waals surface area (Å²) in [5.74, 6) is -3.10. The number of aromatic nitrogens is 4. The molecule has 0 bridgehead atoms. The van der Waals surface area contributed by atoms with Gasteiger partial charge in [0.25, 0.3) is 5.92 Å². The normalized spacial score (nSPS) is 20.8. The van der Waals surface area contributed by atoms with E-state index in [2.05, 4.69) is 20.3 Å². The molecule has 3 aromatic rings. The summed E-state index contributed by atoms with van der Waals surface area (Å²) in [6, 6.07) is 2.17. The number of rotatable bonds is 5. The number of alkyl halides is 2. The Bertz CT molecular complexity index is 1230. The van der Waals surface area contributed by atoms with Crippen molar-refractivity contribution < 1.29 is 23.4 Å². The molecule has 1 saturated carbocycles. The van der Waals surface area contributed by atoms with Gasteiger partial charge in [-0.05, 0) is 46.2 Å². The van der Waals surface area contributed by atoms with E-state index in [1.807, 2.05) is 13.8 Å². The van der Waals surface area contributed by atoms with Crippen molar-refractivity contribution in [1.29, 1.82) is 0 Å². The van der Waals surface area contributed by atoms with Crippen LogP contribution in [0.25, 0.3) is 22.3 Å². The number of anilines is 1. The topological polar surface area (TPSA) is 96.1 Å². The first kappa shape index (κ1) is 24.7. The molecule has 0 aliphatic heterocycles. The molecule has 1 aliphatic carbocycles. The molecule has 1 aromatic carbocycles. The predicted molar refractivity (Wildman–Crippen MR) is 124 cm³/mol. The van der Waals surface area contributed by atoms with Crippen molar-refractivity contribution in [2.45, 2.75) is 76.7 Å². The number of imidazole rings is 1. The van der Waals surface area contributed by atoms with Crippen LogP contribution in [0.3, 0.4) is 0 Å². The minimum Gasteiger partial charge on any atom is -0.391 e. The number of hydrogen-bond donors (Lipinski definition) is 3. The molecule has 0 amide bonds. The molecule has 11 heteroatoms. The first-order chi connectivity index (χ1) is 15.8. The van der Waals surface area contributed by atoms with Gasteiger partial charge in [0.2, 0.25) is 5.95 Å². The van der Waals surface area contributed by atoms with Crippen molar-refractivity contribution in [1.82, 2.24) is 19.5 Å². The van der Waals surface area contributed by atoms with E-state index < -0.39 is 35.9 Å². The number of hydrogen-bond acceptors (Lipinski definition) is 6. The van der Waals surface area contributed by atoms with Gasteiger partial charge >= 0.3 is 0 Å². The maximum Gasteiger partial charge on any atom is 0.250 e. The van der Waals surface area contributed by atoms with Crippen molar-refractivity contribution >= 4 is 28.6 Å². The third-order valence-electron chi connectivity index (χ3n) is 5.94.